The van der Waals surface area contributed by atoms with E-state index in [0.29, 0.717) is 11.3 Å². The van der Waals surface area contributed by atoms with Crippen molar-refractivity contribution in [3.63, 3.8) is 0 Å². The highest BCUT2D eigenvalue weighted by molar-refractivity contribution is 5.84. The highest BCUT2D eigenvalue weighted by atomic mass is 16.6. The molecular weight excluding hydrogens is 232 g/mol. The predicted octanol–water partition coefficient (Wildman–Crippen LogP) is 2.03. The van der Waals surface area contributed by atoms with Gasteiger partial charge in [-0.05, 0) is 38.5 Å². The average molecular weight is 252 g/mol. The molecule has 1 amide bonds. The van der Waals surface area contributed by atoms with Gasteiger partial charge in [0.25, 0.3) is 0 Å². The minimum Gasteiger partial charge on any atom is -0.444 e. The first-order valence-corrected chi connectivity index (χ1v) is 5.80. The third-order valence-corrected chi connectivity index (χ3v) is 2.14. The molecule has 0 saturated heterocycles. The molecule has 18 heavy (non-hydrogen) atoms. The molecule has 0 aromatic heterocycles. The van der Waals surface area contributed by atoms with Crippen LogP contribution < -0.4 is 11.1 Å². The Morgan fingerprint density at radius 2 is 2.17 bits per heavy atom. The van der Waals surface area contributed by atoms with E-state index in [1.54, 1.807) is 45.0 Å². The van der Waals surface area contributed by atoms with Crippen LogP contribution in [0.1, 0.15) is 32.4 Å². The molecule has 1 atom stereocenters. The Hall–Kier alpha value is -1.59. The van der Waals surface area contributed by atoms with Crippen molar-refractivity contribution < 1.29 is 14.6 Å². The average Bonchev–Trinajstić information content (AvgIpc) is 2.25. The molecule has 0 radical (unpaired) electrons. The number of carbonyl (C=O) groups excluding carboxylic acids is 1. The van der Waals surface area contributed by atoms with E-state index in [2.05, 4.69) is 5.32 Å². The smallest absolute Gasteiger partial charge is 0.412 e. The predicted molar refractivity (Wildman–Crippen MR) is 70.3 cm³/mol. The summed E-state index contributed by atoms with van der Waals surface area (Å²) in [6.45, 7) is 5.51. The van der Waals surface area contributed by atoms with Gasteiger partial charge in [-0.2, -0.15) is 0 Å². The number of rotatable bonds is 3. The van der Waals surface area contributed by atoms with E-state index >= 15 is 0 Å². The Morgan fingerprint density at radius 3 is 2.72 bits per heavy atom. The molecular formula is C13H20N2O3. The molecule has 0 aliphatic rings. The SMILES string of the molecule is CC(C)(C)OC(=O)Nc1cccc([C@@H](O)CN)c1. The summed E-state index contributed by atoms with van der Waals surface area (Å²) in [5, 5.41) is 12.2. The van der Waals surface area contributed by atoms with Crippen LogP contribution in [0.2, 0.25) is 0 Å². The minimum atomic E-state index is -0.731. The number of ether oxygens (including phenoxy) is 1. The van der Waals surface area contributed by atoms with Gasteiger partial charge in [0.15, 0.2) is 0 Å². The van der Waals surface area contributed by atoms with Gasteiger partial charge >= 0.3 is 6.09 Å². The second-order valence-electron chi connectivity index (χ2n) is 5.00. The van der Waals surface area contributed by atoms with Gasteiger partial charge < -0.3 is 15.6 Å². The van der Waals surface area contributed by atoms with Crippen molar-refractivity contribution in [1.29, 1.82) is 0 Å². The topological polar surface area (TPSA) is 84.6 Å². The van der Waals surface area contributed by atoms with E-state index in [9.17, 15) is 9.90 Å². The van der Waals surface area contributed by atoms with Crippen LogP contribution in [0.25, 0.3) is 0 Å². The summed E-state index contributed by atoms with van der Waals surface area (Å²) in [6, 6.07) is 6.87. The van der Waals surface area contributed by atoms with Crippen molar-refractivity contribution in [2.75, 3.05) is 11.9 Å². The van der Waals surface area contributed by atoms with Crippen molar-refractivity contribution in [1.82, 2.24) is 0 Å². The molecule has 0 fully saturated rings. The van der Waals surface area contributed by atoms with E-state index in [4.69, 9.17) is 10.5 Å². The van der Waals surface area contributed by atoms with Crippen molar-refractivity contribution >= 4 is 11.8 Å². The summed E-state index contributed by atoms with van der Waals surface area (Å²) in [5.74, 6) is 0. The summed E-state index contributed by atoms with van der Waals surface area (Å²) >= 11 is 0. The zero-order chi connectivity index (χ0) is 13.8. The molecule has 0 heterocycles. The number of nitrogens with two attached hydrogens (primary N) is 1. The molecule has 100 valence electrons. The van der Waals surface area contributed by atoms with E-state index in [1.807, 2.05) is 0 Å². The number of carbonyl (C=O) groups is 1. The molecule has 1 rings (SSSR count). The fraction of sp³-hybridized carbons (Fsp3) is 0.462. The Bertz CT molecular complexity index is 413. The van der Waals surface area contributed by atoms with E-state index < -0.39 is 17.8 Å². The maximum atomic E-state index is 11.6. The maximum absolute atomic E-state index is 11.6. The monoisotopic (exact) mass is 252 g/mol. The van der Waals surface area contributed by atoms with Crippen molar-refractivity contribution in [3.05, 3.63) is 29.8 Å². The summed E-state index contributed by atoms with van der Waals surface area (Å²) < 4.78 is 5.13. The number of aliphatic hydroxyl groups is 1. The van der Waals surface area contributed by atoms with Gasteiger partial charge in [0.1, 0.15) is 5.60 Å². The first-order chi connectivity index (χ1) is 8.31. The Balaban J connectivity index is 2.71. The van der Waals surface area contributed by atoms with Gasteiger partial charge in [-0.3, -0.25) is 5.32 Å². The standard InChI is InChI=1S/C13H20N2O3/c1-13(2,3)18-12(17)15-10-6-4-5-9(7-10)11(16)8-14/h4-7,11,16H,8,14H2,1-3H3,(H,15,17)/t11-/m0/s1. The molecule has 4 N–H and O–H groups in total. The van der Waals surface area contributed by atoms with Gasteiger partial charge in [-0.15, -0.1) is 0 Å². The zero-order valence-corrected chi connectivity index (χ0v) is 10.9. The largest absolute Gasteiger partial charge is 0.444 e. The molecule has 1 aromatic carbocycles. The fourth-order valence-electron chi connectivity index (χ4n) is 1.38. The van der Waals surface area contributed by atoms with Crippen LogP contribution in [-0.2, 0) is 4.74 Å². The van der Waals surface area contributed by atoms with Crippen molar-refractivity contribution in [2.45, 2.75) is 32.5 Å². The van der Waals surface area contributed by atoms with Crippen LogP contribution in [0, 0.1) is 0 Å². The second-order valence-corrected chi connectivity index (χ2v) is 5.00. The van der Waals surface area contributed by atoms with Crippen LogP contribution in [0.5, 0.6) is 0 Å². The van der Waals surface area contributed by atoms with E-state index in [1.165, 1.54) is 0 Å². The summed E-state index contributed by atoms with van der Waals surface area (Å²) in [4.78, 5) is 11.6. The number of nitrogens with one attached hydrogen (secondary N) is 1. The molecule has 5 nitrogen and oxygen atoms in total. The van der Waals surface area contributed by atoms with Crippen molar-refractivity contribution in [2.24, 2.45) is 5.73 Å². The minimum absolute atomic E-state index is 0.135. The van der Waals surface area contributed by atoms with E-state index in [-0.39, 0.29) is 6.54 Å². The van der Waals surface area contributed by atoms with Crippen LogP contribution in [0.15, 0.2) is 24.3 Å². The highest BCUT2D eigenvalue weighted by Gasteiger charge is 2.16. The third kappa shape index (κ3) is 4.73. The number of hydrogen-bond acceptors (Lipinski definition) is 4. The van der Waals surface area contributed by atoms with Gasteiger partial charge in [0, 0.05) is 12.2 Å². The molecule has 0 aliphatic carbocycles. The van der Waals surface area contributed by atoms with Crippen LogP contribution in [0.3, 0.4) is 0 Å². The molecule has 0 spiro atoms. The fourth-order valence-corrected chi connectivity index (χ4v) is 1.38. The summed E-state index contributed by atoms with van der Waals surface area (Å²) in [5.41, 5.74) is 6.06. The summed E-state index contributed by atoms with van der Waals surface area (Å²) in [6.07, 6.45) is -1.26. The number of hydrogen-bond donors (Lipinski definition) is 3. The lowest BCUT2D eigenvalue weighted by Gasteiger charge is -2.20. The number of amides is 1. The number of aliphatic hydroxyl groups excluding tert-OH is 1. The van der Waals surface area contributed by atoms with Gasteiger partial charge in [0.05, 0.1) is 6.10 Å². The Morgan fingerprint density at radius 1 is 1.50 bits per heavy atom. The van der Waals surface area contributed by atoms with Crippen LogP contribution >= 0.6 is 0 Å². The lowest BCUT2D eigenvalue weighted by molar-refractivity contribution is 0.0636. The molecule has 1 aromatic rings. The molecule has 0 bridgehead atoms. The van der Waals surface area contributed by atoms with Crippen molar-refractivity contribution in [3.8, 4) is 0 Å². The molecule has 0 aliphatic heterocycles. The molecule has 0 unspecified atom stereocenters. The first kappa shape index (κ1) is 14.5. The van der Waals surface area contributed by atoms with Gasteiger partial charge in [-0.1, -0.05) is 12.1 Å². The zero-order valence-electron chi connectivity index (χ0n) is 10.9. The molecule has 5 heteroatoms. The number of anilines is 1. The van der Waals surface area contributed by atoms with Crippen LogP contribution in [0.4, 0.5) is 10.5 Å². The quantitative estimate of drug-likeness (QED) is 0.768. The lowest BCUT2D eigenvalue weighted by Crippen LogP contribution is -2.27. The lowest BCUT2D eigenvalue weighted by atomic mass is 10.1. The summed E-state index contributed by atoms with van der Waals surface area (Å²) in [7, 11) is 0. The Labute approximate surface area is 107 Å². The van der Waals surface area contributed by atoms with Gasteiger partial charge in [0.2, 0.25) is 0 Å². The highest BCUT2D eigenvalue weighted by Crippen LogP contribution is 2.17. The van der Waals surface area contributed by atoms with E-state index in [0.717, 1.165) is 0 Å². The Kier molecular flexibility index (Phi) is 4.69. The normalized spacial score (nSPS) is 12.9. The third-order valence-electron chi connectivity index (χ3n) is 2.14. The number of benzene rings is 1. The van der Waals surface area contributed by atoms with Crippen LogP contribution in [-0.4, -0.2) is 23.3 Å². The van der Waals surface area contributed by atoms with Gasteiger partial charge in [-0.25, -0.2) is 4.79 Å². The first-order valence-electron chi connectivity index (χ1n) is 5.80. The molecule has 0 saturated carbocycles. The maximum Gasteiger partial charge on any atom is 0.412 e. The second kappa shape index (κ2) is 5.84.